The summed E-state index contributed by atoms with van der Waals surface area (Å²) in [5.74, 6) is -0.322. The highest BCUT2D eigenvalue weighted by molar-refractivity contribution is 7.80. The molecule has 0 aliphatic heterocycles. The standard InChI is InChI=1S/C15H14O2S/c1-17-15(16)12-8-5-9-14(18)13(12)10-11-6-3-2-4-7-11/h2-9,18H,10H2,1H3. The van der Waals surface area contributed by atoms with Crippen molar-refractivity contribution in [2.24, 2.45) is 0 Å². The van der Waals surface area contributed by atoms with E-state index in [9.17, 15) is 4.79 Å². The van der Waals surface area contributed by atoms with E-state index in [0.29, 0.717) is 12.0 Å². The van der Waals surface area contributed by atoms with Crippen LogP contribution in [-0.4, -0.2) is 13.1 Å². The molecule has 0 bridgehead atoms. The van der Waals surface area contributed by atoms with E-state index in [1.165, 1.54) is 7.11 Å². The zero-order chi connectivity index (χ0) is 13.0. The Morgan fingerprint density at radius 2 is 1.83 bits per heavy atom. The van der Waals surface area contributed by atoms with Crippen molar-refractivity contribution in [2.45, 2.75) is 11.3 Å². The summed E-state index contributed by atoms with van der Waals surface area (Å²) < 4.78 is 4.80. The van der Waals surface area contributed by atoms with Crippen LogP contribution < -0.4 is 0 Å². The van der Waals surface area contributed by atoms with Crippen LogP contribution >= 0.6 is 12.6 Å². The minimum absolute atomic E-state index is 0.322. The fraction of sp³-hybridized carbons (Fsp3) is 0.133. The summed E-state index contributed by atoms with van der Waals surface area (Å²) in [5.41, 5.74) is 2.62. The maximum Gasteiger partial charge on any atom is 0.338 e. The van der Waals surface area contributed by atoms with Crippen LogP contribution in [0.3, 0.4) is 0 Å². The van der Waals surface area contributed by atoms with E-state index in [1.54, 1.807) is 6.07 Å². The molecule has 18 heavy (non-hydrogen) atoms. The fourth-order valence-electron chi connectivity index (χ4n) is 1.86. The number of ether oxygens (including phenoxy) is 1. The van der Waals surface area contributed by atoms with Crippen LogP contribution in [0, 0.1) is 0 Å². The number of carbonyl (C=O) groups is 1. The monoisotopic (exact) mass is 258 g/mol. The van der Waals surface area contributed by atoms with E-state index >= 15 is 0 Å². The number of carbonyl (C=O) groups excluding carboxylic acids is 1. The Kier molecular flexibility index (Phi) is 4.05. The topological polar surface area (TPSA) is 26.3 Å². The lowest BCUT2D eigenvalue weighted by Gasteiger charge is -2.10. The second kappa shape index (κ2) is 5.74. The molecule has 0 amide bonds. The van der Waals surface area contributed by atoms with Gasteiger partial charge in [-0.3, -0.25) is 0 Å². The molecular formula is C15H14O2S. The van der Waals surface area contributed by atoms with Gasteiger partial charge in [-0.1, -0.05) is 36.4 Å². The van der Waals surface area contributed by atoms with Crippen molar-refractivity contribution in [3.63, 3.8) is 0 Å². The van der Waals surface area contributed by atoms with Crippen LogP contribution in [-0.2, 0) is 11.2 Å². The minimum Gasteiger partial charge on any atom is -0.465 e. The SMILES string of the molecule is COC(=O)c1cccc(S)c1Cc1ccccc1. The Morgan fingerprint density at radius 1 is 1.11 bits per heavy atom. The second-order valence-corrected chi connectivity index (χ2v) is 4.44. The van der Waals surface area contributed by atoms with Crippen LogP contribution in [0.5, 0.6) is 0 Å². The van der Waals surface area contributed by atoms with Gasteiger partial charge in [-0.25, -0.2) is 4.79 Å². The summed E-state index contributed by atoms with van der Waals surface area (Å²) in [6.45, 7) is 0. The molecule has 92 valence electrons. The lowest BCUT2D eigenvalue weighted by molar-refractivity contribution is 0.0599. The lowest BCUT2D eigenvalue weighted by Crippen LogP contribution is -2.07. The van der Waals surface area contributed by atoms with Gasteiger partial charge < -0.3 is 4.74 Å². The Labute approximate surface area is 112 Å². The third-order valence-corrected chi connectivity index (χ3v) is 3.20. The molecule has 3 heteroatoms. The molecule has 0 fully saturated rings. The summed E-state index contributed by atoms with van der Waals surface area (Å²) in [7, 11) is 1.39. The lowest BCUT2D eigenvalue weighted by atomic mass is 10.00. The summed E-state index contributed by atoms with van der Waals surface area (Å²) in [6, 6.07) is 15.4. The largest absolute Gasteiger partial charge is 0.465 e. The number of rotatable bonds is 3. The van der Waals surface area contributed by atoms with E-state index in [1.807, 2.05) is 42.5 Å². The predicted molar refractivity (Wildman–Crippen MR) is 74.3 cm³/mol. The Morgan fingerprint density at radius 3 is 2.50 bits per heavy atom. The highest BCUT2D eigenvalue weighted by Crippen LogP contribution is 2.22. The minimum atomic E-state index is -0.322. The Hall–Kier alpha value is -1.74. The maximum absolute atomic E-state index is 11.7. The predicted octanol–water partition coefficient (Wildman–Crippen LogP) is 3.35. The molecule has 0 radical (unpaired) electrons. The molecule has 0 unspecified atom stereocenters. The van der Waals surface area contributed by atoms with Crippen molar-refractivity contribution in [3.8, 4) is 0 Å². The molecule has 0 N–H and O–H groups in total. The van der Waals surface area contributed by atoms with Crippen LogP contribution in [0.2, 0.25) is 0 Å². The maximum atomic E-state index is 11.7. The van der Waals surface area contributed by atoms with Crippen molar-refractivity contribution in [2.75, 3.05) is 7.11 Å². The molecule has 0 atom stereocenters. The van der Waals surface area contributed by atoms with E-state index < -0.39 is 0 Å². The third kappa shape index (κ3) is 2.74. The van der Waals surface area contributed by atoms with Crippen LogP contribution in [0.4, 0.5) is 0 Å². The van der Waals surface area contributed by atoms with Gasteiger partial charge in [0.25, 0.3) is 0 Å². The summed E-state index contributed by atoms with van der Waals surface area (Å²) >= 11 is 4.42. The molecule has 0 saturated heterocycles. The second-order valence-electron chi connectivity index (χ2n) is 3.96. The van der Waals surface area contributed by atoms with Crippen LogP contribution in [0.15, 0.2) is 53.4 Å². The van der Waals surface area contributed by atoms with Gasteiger partial charge in [0.15, 0.2) is 0 Å². The molecular weight excluding hydrogens is 244 g/mol. The molecule has 0 aliphatic carbocycles. The first-order chi connectivity index (χ1) is 8.72. The normalized spacial score (nSPS) is 10.1. The highest BCUT2D eigenvalue weighted by Gasteiger charge is 2.14. The van der Waals surface area contributed by atoms with Crippen LogP contribution in [0.25, 0.3) is 0 Å². The molecule has 0 heterocycles. The molecule has 2 aromatic rings. The van der Waals surface area contributed by atoms with Crippen molar-refractivity contribution >= 4 is 18.6 Å². The van der Waals surface area contributed by atoms with Gasteiger partial charge in [-0.05, 0) is 29.7 Å². The van der Waals surface area contributed by atoms with Crippen molar-refractivity contribution < 1.29 is 9.53 Å². The first-order valence-electron chi connectivity index (χ1n) is 5.65. The average molecular weight is 258 g/mol. The highest BCUT2D eigenvalue weighted by atomic mass is 32.1. The van der Waals surface area contributed by atoms with Crippen molar-refractivity contribution in [1.29, 1.82) is 0 Å². The average Bonchev–Trinajstić information content (AvgIpc) is 2.41. The van der Waals surface area contributed by atoms with Crippen molar-refractivity contribution in [3.05, 3.63) is 65.2 Å². The number of hydrogen-bond acceptors (Lipinski definition) is 3. The summed E-state index contributed by atoms with van der Waals surface area (Å²) in [4.78, 5) is 12.5. The smallest absolute Gasteiger partial charge is 0.338 e. The van der Waals surface area contributed by atoms with E-state index in [0.717, 1.165) is 16.0 Å². The molecule has 2 nitrogen and oxygen atoms in total. The first-order valence-corrected chi connectivity index (χ1v) is 6.10. The van der Waals surface area contributed by atoms with Gasteiger partial charge in [0.1, 0.15) is 0 Å². The van der Waals surface area contributed by atoms with Gasteiger partial charge in [-0.2, -0.15) is 0 Å². The Bertz CT molecular complexity index is 550. The first kappa shape index (κ1) is 12.7. The van der Waals surface area contributed by atoms with Gasteiger partial charge in [0, 0.05) is 4.90 Å². The fourth-order valence-corrected chi connectivity index (χ4v) is 2.15. The zero-order valence-electron chi connectivity index (χ0n) is 10.1. The van der Waals surface area contributed by atoms with Gasteiger partial charge in [0.05, 0.1) is 12.7 Å². The molecule has 0 spiro atoms. The van der Waals surface area contributed by atoms with Gasteiger partial charge >= 0.3 is 5.97 Å². The van der Waals surface area contributed by atoms with Crippen LogP contribution in [0.1, 0.15) is 21.5 Å². The number of benzene rings is 2. The van der Waals surface area contributed by atoms with E-state index in [-0.39, 0.29) is 5.97 Å². The van der Waals surface area contributed by atoms with Gasteiger partial charge in [-0.15, -0.1) is 12.6 Å². The van der Waals surface area contributed by atoms with Gasteiger partial charge in [0.2, 0.25) is 0 Å². The molecule has 0 saturated carbocycles. The number of hydrogen-bond donors (Lipinski definition) is 1. The molecule has 0 aliphatic rings. The quantitative estimate of drug-likeness (QED) is 0.675. The summed E-state index contributed by atoms with van der Waals surface area (Å²) in [5, 5.41) is 0. The summed E-state index contributed by atoms with van der Waals surface area (Å²) in [6.07, 6.45) is 0.672. The number of thiol groups is 1. The molecule has 2 rings (SSSR count). The Balaban J connectivity index is 2.40. The van der Waals surface area contributed by atoms with E-state index in [2.05, 4.69) is 12.6 Å². The number of methoxy groups -OCH3 is 1. The molecule has 0 aromatic heterocycles. The third-order valence-electron chi connectivity index (χ3n) is 2.78. The van der Waals surface area contributed by atoms with Crippen molar-refractivity contribution in [1.82, 2.24) is 0 Å². The number of esters is 1. The zero-order valence-corrected chi connectivity index (χ0v) is 11.0. The molecule has 2 aromatic carbocycles. The van der Waals surface area contributed by atoms with E-state index in [4.69, 9.17) is 4.74 Å².